The van der Waals surface area contributed by atoms with E-state index in [1.165, 1.54) is 11.1 Å². The summed E-state index contributed by atoms with van der Waals surface area (Å²) in [5, 5.41) is 11.1. The normalized spacial score (nSPS) is 18.5. The first kappa shape index (κ1) is 16.5. The number of nitrogens with one attached hydrogen (secondary N) is 1. The fourth-order valence-corrected chi connectivity index (χ4v) is 3.31. The summed E-state index contributed by atoms with van der Waals surface area (Å²) >= 11 is 0. The summed E-state index contributed by atoms with van der Waals surface area (Å²) in [4.78, 5) is 12.3. The summed E-state index contributed by atoms with van der Waals surface area (Å²) in [5.74, 6) is 1.59. The number of hydrogen-bond acceptors (Lipinski definition) is 4. The minimum absolute atomic E-state index is 0.0821. The number of carbonyl (C=O) groups excluding carboxylic acids is 1. The minimum atomic E-state index is 0.0821. The minimum Gasteiger partial charge on any atom is -0.421 e. The molecule has 4 rings (SSSR count). The molecule has 3 aromatic rings. The van der Waals surface area contributed by atoms with Crippen molar-refractivity contribution in [3.8, 4) is 11.5 Å². The maximum absolute atomic E-state index is 12.3. The molecule has 1 aliphatic carbocycles. The second kappa shape index (κ2) is 7.12. The zero-order valence-corrected chi connectivity index (χ0v) is 14.7. The molecule has 1 saturated carbocycles. The lowest BCUT2D eigenvalue weighted by atomic mass is 10.0. The van der Waals surface area contributed by atoms with Gasteiger partial charge in [-0.05, 0) is 42.5 Å². The van der Waals surface area contributed by atoms with Crippen LogP contribution in [0.25, 0.3) is 11.5 Å². The first-order valence-corrected chi connectivity index (χ1v) is 8.93. The summed E-state index contributed by atoms with van der Waals surface area (Å²) in [5.41, 5.74) is 3.44. The lowest BCUT2D eigenvalue weighted by Crippen LogP contribution is -2.27. The van der Waals surface area contributed by atoms with Gasteiger partial charge in [-0.25, -0.2) is 0 Å². The van der Waals surface area contributed by atoms with Crippen molar-refractivity contribution in [2.75, 3.05) is 6.54 Å². The highest BCUT2D eigenvalue weighted by atomic mass is 16.4. The molecule has 0 saturated heterocycles. The van der Waals surface area contributed by atoms with Crippen LogP contribution in [-0.2, 0) is 11.2 Å². The van der Waals surface area contributed by atoms with E-state index in [0.29, 0.717) is 30.7 Å². The summed E-state index contributed by atoms with van der Waals surface area (Å²) in [6.45, 7) is 2.61. The van der Waals surface area contributed by atoms with Gasteiger partial charge < -0.3 is 9.73 Å². The molecule has 2 atom stereocenters. The Morgan fingerprint density at radius 1 is 1.12 bits per heavy atom. The van der Waals surface area contributed by atoms with E-state index in [2.05, 4.69) is 34.6 Å². The van der Waals surface area contributed by atoms with Crippen molar-refractivity contribution in [1.29, 1.82) is 0 Å². The third-order valence-corrected chi connectivity index (χ3v) is 4.84. The highest BCUT2D eigenvalue weighted by molar-refractivity contribution is 5.83. The number of hydrogen-bond donors (Lipinski definition) is 1. The molecule has 5 heteroatoms. The smallest absolute Gasteiger partial charge is 0.247 e. The van der Waals surface area contributed by atoms with Crippen LogP contribution in [0.1, 0.15) is 29.4 Å². The van der Waals surface area contributed by atoms with Crippen molar-refractivity contribution in [2.24, 2.45) is 5.92 Å². The Balaban J connectivity index is 1.27. The predicted octanol–water partition coefficient (Wildman–Crippen LogP) is 3.51. The topological polar surface area (TPSA) is 68.0 Å². The van der Waals surface area contributed by atoms with Crippen molar-refractivity contribution in [3.05, 3.63) is 71.6 Å². The molecule has 1 amide bonds. The molecule has 1 heterocycles. The highest BCUT2D eigenvalue weighted by Crippen LogP contribution is 2.48. The first-order valence-electron chi connectivity index (χ1n) is 8.93. The van der Waals surface area contributed by atoms with Gasteiger partial charge in [0.2, 0.25) is 17.7 Å². The maximum atomic E-state index is 12.3. The monoisotopic (exact) mass is 347 g/mol. The highest BCUT2D eigenvalue weighted by Gasteiger charge is 2.44. The summed E-state index contributed by atoms with van der Waals surface area (Å²) < 4.78 is 5.66. The van der Waals surface area contributed by atoms with Gasteiger partial charge in [0, 0.05) is 24.4 Å². The van der Waals surface area contributed by atoms with Crippen LogP contribution in [0, 0.1) is 12.8 Å². The number of nitrogens with zero attached hydrogens (tertiary/aromatic N) is 2. The Kier molecular flexibility index (Phi) is 4.52. The van der Waals surface area contributed by atoms with Gasteiger partial charge in [-0.15, -0.1) is 10.2 Å². The lowest BCUT2D eigenvalue weighted by Gasteiger charge is -2.05. The standard InChI is InChI=1S/C21H21N3O2/c1-14-7-5-6-10-16(14)17-13-18(17)20(25)22-12-11-19-23-24-21(26-19)15-8-3-2-4-9-15/h2-10,17-18H,11-13H2,1H3,(H,22,25)/t17-,18-/m1/s1. The second-order valence-corrected chi connectivity index (χ2v) is 6.71. The summed E-state index contributed by atoms with van der Waals surface area (Å²) in [6.07, 6.45) is 1.46. The van der Waals surface area contributed by atoms with Crippen molar-refractivity contribution in [3.63, 3.8) is 0 Å². The molecule has 0 spiro atoms. The zero-order valence-electron chi connectivity index (χ0n) is 14.7. The van der Waals surface area contributed by atoms with Gasteiger partial charge in [0.25, 0.3) is 0 Å². The van der Waals surface area contributed by atoms with Crippen LogP contribution < -0.4 is 5.32 Å². The SMILES string of the molecule is Cc1ccccc1[C@H]1C[C@H]1C(=O)NCCc1nnc(-c2ccccc2)o1. The van der Waals surface area contributed by atoms with Crippen molar-refractivity contribution in [2.45, 2.75) is 25.7 Å². The van der Waals surface area contributed by atoms with E-state index >= 15 is 0 Å². The van der Waals surface area contributed by atoms with Crippen LogP contribution in [0.5, 0.6) is 0 Å². The van der Waals surface area contributed by atoms with E-state index in [9.17, 15) is 4.79 Å². The van der Waals surface area contributed by atoms with Crippen molar-refractivity contribution in [1.82, 2.24) is 15.5 Å². The van der Waals surface area contributed by atoms with E-state index in [0.717, 1.165) is 12.0 Å². The second-order valence-electron chi connectivity index (χ2n) is 6.71. The number of benzene rings is 2. The molecule has 1 fully saturated rings. The van der Waals surface area contributed by atoms with Crippen molar-refractivity contribution < 1.29 is 9.21 Å². The van der Waals surface area contributed by atoms with Gasteiger partial charge in [0.05, 0.1) is 0 Å². The lowest BCUT2D eigenvalue weighted by molar-refractivity contribution is -0.122. The van der Waals surface area contributed by atoms with Crippen molar-refractivity contribution >= 4 is 5.91 Å². The Morgan fingerprint density at radius 3 is 2.69 bits per heavy atom. The average molecular weight is 347 g/mol. The average Bonchev–Trinajstić information content (AvgIpc) is 3.33. The van der Waals surface area contributed by atoms with E-state index in [1.807, 2.05) is 42.5 Å². The maximum Gasteiger partial charge on any atom is 0.247 e. The quantitative estimate of drug-likeness (QED) is 0.741. The van der Waals surface area contributed by atoms with Crippen LogP contribution in [0.4, 0.5) is 0 Å². The van der Waals surface area contributed by atoms with E-state index in [1.54, 1.807) is 0 Å². The number of rotatable bonds is 6. The van der Waals surface area contributed by atoms with Crippen LogP contribution in [0.3, 0.4) is 0 Å². The van der Waals surface area contributed by atoms with E-state index in [-0.39, 0.29) is 11.8 Å². The van der Waals surface area contributed by atoms with Crippen LogP contribution in [0.15, 0.2) is 59.0 Å². The van der Waals surface area contributed by atoms with Gasteiger partial charge in [0.15, 0.2) is 0 Å². The molecular formula is C21H21N3O2. The summed E-state index contributed by atoms with van der Waals surface area (Å²) in [7, 11) is 0. The number of amides is 1. The van der Waals surface area contributed by atoms with Gasteiger partial charge in [-0.2, -0.15) is 0 Å². The largest absolute Gasteiger partial charge is 0.421 e. The molecule has 0 aliphatic heterocycles. The Hall–Kier alpha value is -2.95. The summed E-state index contributed by atoms with van der Waals surface area (Å²) in [6, 6.07) is 18.0. The molecule has 0 unspecified atom stereocenters. The molecule has 0 bridgehead atoms. The van der Waals surface area contributed by atoms with Crippen LogP contribution in [0.2, 0.25) is 0 Å². The Bertz CT molecular complexity index is 904. The van der Waals surface area contributed by atoms with Gasteiger partial charge >= 0.3 is 0 Å². The Labute approximate surface area is 152 Å². The fraction of sp³-hybridized carbons (Fsp3) is 0.286. The van der Waals surface area contributed by atoms with Gasteiger partial charge in [-0.1, -0.05) is 42.5 Å². The molecule has 5 nitrogen and oxygen atoms in total. The number of carbonyl (C=O) groups is 1. The third kappa shape index (κ3) is 3.52. The zero-order chi connectivity index (χ0) is 17.9. The van der Waals surface area contributed by atoms with Gasteiger partial charge in [-0.3, -0.25) is 4.79 Å². The molecule has 0 radical (unpaired) electrons. The fourth-order valence-electron chi connectivity index (χ4n) is 3.31. The number of aryl methyl sites for hydroxylation is 1. The van der Waals surface area contributed by atoms with Gasteiger partial charge in [0.1, 0.15) is 0 Å². The number of aromatic nitrogens is 2. The first-order chi connectivity index (χ1) is 12.7. The van der Waals surface area contributed by atoms with Crippen LogP contribution >= 0.6 is 0 Å². The predicted molar refractivity (Wildman–Crippen MR) is 98.5 cm³/mol. The van der Waals surface area contributed by atoms with E-state index in [4.69, 9.17) is 4.42 Å². The molecular weight excluding hydrogens is 326 g/mol. The molecule has 1 N–H and O–H groups in total. The molecule has 2 aromatic carbocycles. The molecule has 26 heavy (non-hydrogen) atoms. The molecule has 132 valence electrons. The van der Waals surface area contributed by atoms with E-state index < -0.39 is 0 Å². The van der Waals surface area contributed by atoms with Crippen LogP contribution in [-0.4, -0.2) is 22.6 Å². The third-order valence-electron chi connectivity index (χ3n) is 4.84. The molecule has 1 aliphatic rings. The molecule has 1 aromatic heterocycles. The Morgan fingerprint density at radius 2 is 1.88 bits per heavy atom.